The normalized spacial score (nSPS) is 20.7. The maximum absolute atomic E-state index is 13.3. The molecular formula is C17H18F3N3O2. The molecule has 8 heteroatoms. The minimum atomic E-state index is -4.51. The maximum atomic E-state index is 13.3. The van der Waals surface area contributed by atoms with Crippen LogP contribution in [0.15, 0.2) is 24.3 Å². The molecule has 0 unspecified atom stereocenters. The number of amides is 2. The van der Waals surface area contributed by atoms with E-state index in [4.69, 9.17) is 5.26 Å². The Morgan fingerprint density at radius 1 is 1.28 bits per heavy atom. The number of carbonyl (C=O) groups excluding carboxylic acids is 2. The highest BCUT2D eigenvalue weighted by Gasteiger charge is 2.47. The van der Waals surface area contributed by atoms with Crippen molar-refractivity contribution in [3.8, 4) is 6.07 Å². The van der Waals surface area contributed by atoms with Crippen molar-refractivity contribution in [3.63, 3.8) is 0 Å². The fourth-order valence-corrected chi connectivity index (χ4v) is 2.97. The molecule has 2 atom stereocenters. The number of rotatable bonds is 3. The Hall–Kier alpha value is -2.56. The molecule has 5 nitrogen and oxygen atoms in total. The molecule has 2 amide bonds. The van der Waals surface area contributed by atoms with Crippen molar-refractivity contribution < 1.29 is 22.8 Å². The number of benzene rings is 1. The van der Waals surface area contributed by atoms with Crippen LogP contribution in [-0.2, 0) is 16.0 Å². The number of halogens is 3. The zero-order valence-electron chi connectivity index (χ0n) is 13.6. The van der Waals surface area contributed by atoms with E-state index in [1.807, 2.05) is 6.07 Å². The van der Waals surface area contributed by atoms with Crippen LogP contribution in [0.5, 0.6) is 0 Å². The average molecular weight is 353 g/mol. The van der Waals surface area contributed by atoms with Crippen LogP contribution in [0.1, 0.15) is 30.9 Å². The highest BCUT2D eigenvalue weighted by atomic mass is 19.4. The zero-order chi connectivity index (χ0) is 18.6. The lowest BCUT2D eigenvalue weighted by Crippen LogP contribution is -2.58. The molecule has 25 heavy (non-hydrogen) atoms. The number of nitriles is 1. The summed E-state index contributed by atoms with van der Waals surface area (Å²) >= 11 is 0. The van der Waals surface area contributed by atoms with Gasteiger partial charge in [0, 0.05) is 19.5 Å². The number of nitrogens with zero attached hydrogens (tertiary/aromatic N) is 2. The molecule has 0 aliphatic carbocycles. The number of likely N-dealkylation sites (tertiary alicyclic amines) is 1. The smallest absolute Gasteiger partial charge is 0.352 e. The summed E-state index contributed by atoms with van der Waals surface area (Å²) in [4.78, 5) is 24.4. The van der Waals surface area contributed by atoms with E-state index in [2.05, 4.69) is 5.32 Å². The molecule has 1 aliphatic rings. The van der Waals surface area contributed by atoms with Crippen LogP contribution < -0.4 is 5.32 Å². The van der Waals surface area contributed by atoms with Gasteiger partial charge in [0.15, 0.2) is 0 Å². The quantitative estimate of drug-likeness (QED) is 0.905. The van der Waals surface area contributed by atoms with Crippen LogP contribution in [-0.4, -0.2) is 41.5 Å². The van der Waals surface area contributed by atoms with Gasteiger partial charge in [0.05, 0.1) is 18.1 Å². The van der Waals surface area contributed by atoms with Crippen LogP contribution in [0.4, 0.5) is 13.2 Å². The first-order chi connectivity index (χ1) is 11.7. The Balaban J connectivity index is 2.14. The Labute approximate surface area is 143 Å². The Morgan fingerprint density at radius 3 is 2.44 bits per heavy atom. The number of piperidine rings is 1. The van der Waals surface area contributed by atoms with E-state index < -0.39 is 24.2 Å². The van der Waals surface area contributed by atoms with Gasteiger partial charge in [0.25, 0.3) is 0 Å². The highest BCUT2D eigenvalue weighted by Crippen LogP contribution is 2.32. The van der Waals surface area contributed by atoms with Crippen molar-refractivity contribution in [2.45, 2.75) is 44.4 Å². The van der Waals surface area contributed by atoms with E-state index in [1.165, 1.54) is 19.1 Å². The second-order valence-electron chi connectivity index (χ2n) is 6.06. The lowest BCUT2D eigenvalue weighted by molar-refractivity contribution is -0.197. The Bertz CT molecular complexity index is 680. The van der Waals surface area contributed by atoms with Gasteiger partial charge in [0.1, 0.15) is 6.04 Å². The molecule has 0 bridgehead atoms. The van der Waals surface area contributed by atoms with Crippen molar-refractivity contribution in [1.29, 1.82) is 5.26 Å². The number of hydrogen-bond donors (Lipinski definition) is 1. The van der Waals surface area contributed by atoms with Gasteiger partial charge >= 0.3 is 6.18 Å². The average Bonchev–Trinajstić information content (AvgIpc) is 2.54. The summed E-state index contributed by atoms with van der Waals surface area (Å²) in [5.74, 6) is -0.989. The van der Waals surface area contributed by atoms with Crippen molar-refractivity contribution in [2.24, 2.45) is 0 Å². The first kappa shape index (κ1) is 18.8. The molecule has 1 aliphatic heterocycles. The second kappa shape index (κ2) is 7.55. The van der Waals surface area contributed by atoms with Crippen LogP contribution in [0, 0.1) is 11.3 Å². The summed E-state index contributed by atoms with van der Waals surface area (Å²) in [6.45, 7) is 1.12. The molecule has 0 aromatic heterocycles. The van der Waals surface area contributed by atoms with E-state index in [9.17, 15) is 22.8 Å². The van der Waals surface area contributed by atoms with Gasteiger partial charge in [0.2, 0.25) is 11.8 Å². The zero-order valence-corrected chi connectivity index (χ0v) is 13.6. The van der Waals surface area contributed by atoms with E-state index in [0.29, 0.717) is 11.1 Å². The second-order valence-corrected chi connectivity index (χ2v) is 6.06. The minimum Gasteiger partial charge on any atom is -0.352 e. The lowest BCUT2D eigenvalue weighted by Gasteiger charge is -2.40. The monoisotopic (exact) mass is 353 g/mol. The van der Waals surface area contributed by atoms with Crippen LogP contribution in [0.3, 0.4) is 0 Å². The summed E-state index contributed by atoms with van der Waals surface area (Å²) < 4.78 is 39.8. The fourth-order valence-electron chi connectivity index (χ4n) is 2.97. The number of hydrogen-bond acceptors (Lipinski definition) is 3. The first-order valence-electron chi connectivity index (χ1n) is 7.83. The van der Waals surface area contributed by atoms with Gasteiger partial charge in [-0.3, -0.25) is 9.59 Å². The fraction of sp³-hybridized carbons (Fsp3) is 0.471. The third kappa shape index (κ3) is 4.95. The summed E-state index contributed by atoms with van der Waals surface area (Å²) in [6.07, 6.45) is -4.77. The van der Waals surface area contributed by atoms with Crippen molar-refractivity contribution in [3.05, 3.63) is 35.4 Å². The number of alkyl halides is 3. The predicted molar refractivity (Wildman–Crippen MR) is 83.3 cm³/mol. The van der Waals surface area contributed by atoms with Crippen LogP contribution >= 0.6 is 0 Å². The molecule has 1 saturated heterocycles. The lowest BCUT2D eigenvalue weighted by atomic mass is 9.96. The van der Waals surface area contributed by atoms with E-state index in [1.54, 1.807) is 12.1 Å². The third-order valence-corrected chi connectivity index (χ3v) is 4.13. The highest BCUT2D eigenvalue weighted by molar-refractivity contribution is 5.79. The number of nitrogens with one attached hydrogen (secondary N) is 1. The summed E-state index contributed by atoms with van der Waals surface area (Å²) in [5.41, 5.74) is 0.944. The maximum Gasteiger partial charge on any atom is 0.408 e. The molecule has 134 valence electrons. The molecule has 0 spiro atoms. The van der Waals surface area contributed by atoms with Gasteiger partial charge in [-0.15, -0.1) is 0 Å². The molecule has 1 aromatic carbocycles. The van der Waals surface area contributed by atoms with Gasteiger partial charge in [-0.2, -0.15) is 18.4 Å². The van der Waals surface area contributed by atoms with Crippen LogP contribution in [0.25, 0.3) is 0 Å². The minimum absolute atomic E-state index is 0.168. The van der Waals surface area contributed by atoms with Gasteiger partial charge in [-0.05, 0) is 30.5 Å². The van der Waals surface area contributed by atoms with Gasteiger partial charge < -0.3 is 10.2 Å². The van der Waals surface area contributed by atoms with Crippen molar-refractivity contribution in [1.82, 2.24) is 10.2 Å². The Kier molecular flexibility index (Phi) is 5.67. The topological polar surface area (TPSA) is 73.2 Å². The molecule has 1 heterocycles. The standard InChI is InChI=1S/C17H18F3N3O2/c1-11(24)22-14-6-7-15(17(18,19)20)23(10-14)16(25)8-12-2-4-13(9-21)5-3-12/h2-5,14-15H,6-8,10H2,1H3,(H,22,24)/t14-,15-/m1/s1. The summed E-state index contributed by atoms with van der Waals surface area (Å²) in [7, 11) is 0. The molecule has 1 fully saturated rings. The molecular weight excluding hydrogens is 335 g/mol. The van der Waals surface area contributed by atoms with E-state index in [0.717, 1.165) is 4.90 Å². The summed E-state index contributed by atoms with van der Waals surface area (Å²) in [6, 6.07) is 5.74. The molecule has 2 rings (SSSR count). The van der Waals surface area contributed by atoms with E-state index >= 15 is 0 Å². The first-order valence-corrected chi connectivity index (χ1v) is 7.83. The third-order valence-electron chi connectivity index (χ3n) is 4.13. The van der Waals surface area contributed by atoms with Crippen molar-refractivity contribution >= 4 is 11.8 Å². The molecule has 1 N–H and O–H groups in total. The molecule has 0 radical (unpaired) electrons. The summed E-state index contributed by atoms with van der Waals surface area (Å²) in [5, 5.41) is 11.3. The number of carbonyl (C=O) groups is 2. The largest absolute Gasteiger partial charge is 0.408 e. The van der Waals surface area contributed by atoms with Crippen LogP contribution in [0.2, 0.25) is 0 Å². The predicted octanol–water partition coefficient (Wildman–Crippen LogP) is 2.16. The molecule has 0 saturated carbocycles. The Morgan fingerprint density at radius 2 is 1.92 bits per heavy atom. The SMILES string of the molecule is CC(=O)N[C@@H]1CC[C@H](C(F)(F)F)N(C(=O)Cc2ccc(C#N)cc2)C1. The van der Waals surface area contributed by atoms with Gasteiger partial charge in [-0.25, -0.2) is 0 Å². The van der Waals surface area contributed by atoms with Crippen molar-refractivity contribution in [2.75, 3.05) is 6.54 Å². The molecule has 1 aromatic rings. The van der Waals surface area contributed by atoms with Gasteiger partial charge in [-0.1, -0.05) is 12.1 Å². The van der Waals surface area contributed by atoms with E-state index in [-0.39, 0.29) is 31.7 Å².